The van der Waals surface area contributed by atoms with Crippen molar-refractivity contribution in [2.24, 2.45) is 5.92 Å². The highest BCUT2D eigenvalue weighted by atomic mass is 19.1. The van der Waals surface area contributed by atoms with Gasteiger partial charge in [-0.25, -0.2) is 4.39 Å². The van der Waals surface area contributed by atoms with E-state index in [1.165, 1.54) is 0 Å². The minimum absolute atomic E-state index is 0.0359. The molecule has 1 unspecified atom stereocenters. The van der Waals surface area contributed by atoms with Gasteiger partial charge in [-0.1, -0.05) is 19.9 Å². The lowest BCUT2D eigenvalue weighted by molar-refractivity contribution is 0.167. The molecule has 1 atom stereocenters. The van der Waals surface area contributed by atoms with Crippen LogP contribution in [0.3, 0.4) is 0 Å². The second-order valence-corrected chi connectivity index (χ2v) is 3.89. The minimum atomic E-state index is 0.0359. The molecule has 0 aliphatic carbocycles. The van der Waals surface area contributed by atoms with E-state index >= 15 is 0 Å². The van der Waals surface area contributed by atoms with Crippen LogP contribution < -0.4 is 0 Å². The van der Waals surface area contributed by atoms with Crippen molar-refractivity contribution in [3.05, 3.63) is 11.9 Å². The van der Waals surface area contributed by atoms with Gasteiger partial charge in [-0.05, 0) is 19.3 Å². The lowest BCUT2D eigenvalue weighted by Gasteiger charge is -2.32. The predicted octanol–water partition coefficient (Wildman–Crippen LogP) is 2.59. The molecular formula is C10H18FN. The fourth-order valence-corrected chi connectivity index (χ4v) is 1.49. The van der Waals surface area contributed by atoms with Gasteiger partial charge in [0.05, 0.1) is 6.54 Å². The summed E-state index contributed by atoms with van der Waals surface area (Å²) in [5.74, 6) is 0.643. The Morgan fingerprint density at radius 2 is 2.08 bits per heavy atom. The largest absolute Gasteiger partial charge is 0.294 e. The van der Waals surface area contributed by atoms with E-state index in [0.29, 0.717) is 18.5 Å². The zero-order valence-electron chi connectivity index (χ0n) is 8.18. The fourth-order valence-electron chi connectivity index (χ4n) is 1.49. The Labute approximate surface area is 74.3 Å². The fraction of sp³-hybridized carbons (Fsp3) is 0.800. The average molecular weight is 171 g/mol. The monoisotopic (exact) mass is 171 g/mol. The highest BCUT2D eigenvalue weighted by Crippen LogP contribution is 2.17. The molecule has 0 saturated heterocycles. The summed E-state index contributed by atoms with van der Waals surface area (Å²) in [6.45, 7) is 8.05. The third kappa shape index (κ3) is 2.31. The molecule has 1 rings (SSSR count). The molecule has 0 bridgehead atoms. The quantitative estimate of drug-likeness (QED) is 0.617. The van der Waals surface area contributed by atoms with Crippen molar-refractivity contribution in [3.63, 3.8) is 0 Å². The van der Waals surface area contributed by atoms with Crippen LogP contribution in [0.4, 0.5) is 4.39 Å². The maximum absolute atomic E-state index is 12.9. The zero-order chi connectivity index (χ0) is 9.14. The van der Waals surface area contributed by atoms with Crippen LogP contribution in [0.2, 0.25) is 0 Å². The first-order chi connectivity index (χ1) is 5.61. The normalized spacial score (nSPS) is 22.6. The maximum atomic E-state index is 12.9. The van der Waals surface area contributed by atoms with E-state index in [9.17, 15) is 4.39 Å². The number of hydrogen-bond donors (Lipinski definition) is 0. The summed E-state index contributed by atoms with van der Waals surface area (Å²) < 4.78 is 12.9. The van der Waals surface area contributed by atoms with Crippen LogP contribution in [0.1, 0.15) is 27.2 Å². The van der Waals surface area contributed by atoms with E-state index < -0.39 is 0 Å². The zero-order valence-corrected chi connectivity index (χ0v) is 8.18. The molecule has 0 saturated carbocycles. The third-order valence-electron chi connectivity index (χ3n) is 2.68. The molecule has 1 aliphatic rings. The van der Waals surface area contributed by atoms with Gasteiger partial charge in [-0.2, -0.15) is 0 Å². The number of hydrogen-bond acceptors (Lipinski definition) is 1. The van der Waals surface area contributed by atoms with Crippen molar-refractivity contribution in [1.29, 1.82) is 0 Å². The summed E-state index contributed by atoms with van der Waals surface area (Å²) in [6.07, 6.45) is 2.56. The summed E-state index contributed by atoms with van der Waals surface area (Å²) in [5.41, 5.74) is 0. The number of halogens is 1. The highest BCUT2D eigenvalue weighted by Gasteiger charge is 2.20. The van der Waals surface area contributed by atoms with Crippen molar-refractivity contribution < 1.29 is 4.39 Å². The molecule has 0 amide bonds. The van der Waals surface area contributed by atoms with Gasteiger partial charge in [0.1, 0.15) is 5.83 Å². The molecule has 0 aromatic rings. The molecule has 1 heterocycles. The second-order valence-electron chi connectivity index (χ2n) is 3.89. The Kier molecular flexibility index (Phi) is 3.27. The predicted molar refractivity (Wildman–Crippen MR) is 49.7 cm³/mol. The summed E-state index contributed by atoms with van der Waals surface area (Å²) in [7, 11) is 0. The molecule has 2 heteroatoms. The lowest BCUT2D eigenvalue weighted by Crippen LogP contribution is -2.39. The average Bonchev–Trinajstić information content (AvgIpc) is 2.03. The van der Waals surface area contributed by atoms with Crippen LogP contribution in [0.25, 0.3) is 0 Å². The molecular weight excluding hydrogens is 153 g/mol. The third-order valence-corrected chi connectivity index (χ3v) is 2.68. The Balaban J connectivity index is 2.49. The van der Waals surface area contributed by atoms with E-state index in [-0.39, 0.29) is 5.83 Å². The number of rotatable bonds is 2. The molecule has 0 spiro atoms. The Morgan fingerprint density at radius 1 is 1.42 bits per heavy atom. The lowest BCUT2D eigenvalue weighted by atomic mass is 10.0. The molecule has 0 aromatic heterocycles. The van der Waals surface area contributed by atoms with Gasteiger partial charge in [-0.15, -0.1) is 0 Å². The van der Waals surface area contributed by atoms with Crippen LogP contribution in [0.15, 0.2) is 11.9 Å². The van der Waals surface area contributed by atoms with Gasteiger partial charge >= 0.3 is 0 Å². The van der Waals surface area contributed by atoms with Crippen LogP contribution >= 0.6 is 0 Å². The van der Waals surface area contributed by atoms with E-state index in [2.05, 4.69) is 25.7 Å². The van der Waals surface area contributed by atoms with Crippen LogP contribution in [-0.4, -0.2) is 24.0 Å². The van der Waals surface area contributed by atoms with Gasteiger partial charge in [0, 0.05) is 12.6 Å². The molecule has 1 nitrogen and oxygen atoms in total. The maximum Gasteiger partial charge on any atom is 0.110 e. The van der Waals surface area contributed by atoms with Gasteiger partial charge in [-0.3, -0.25) is 4.90 Å². The van der Waals surface area contributed by atoms with Crippen LogP contribution in [-0.2, 0) is 0 Å². The summed E-state index contributed by atoms with van der Waals surface area (Å²) in [4.78, 5) is 2.21. The smallest absolute Gasteiger partial charge is 0.110 e. The molecule has 12 heavy (non-hydrogen) atoms. The van der Waals surface area contributed by atoms with Gasteiger partial charge in [0.15, 0.2) is 0 Å². The van der Waals surface area contributed by atoms with E-state index in [1.807, 2.05) is 0 Å². The minimum Gasteiger partial charge on any atom is -0.294 e. The van der Waals surface area contributed by atoms with Crippen LogP contribution in [0, 0.1) is 5.92 Å². The Morgan fingerprint density at radius 3 is 2.58 bits per heavy atom. The van der Waals surface area contributed by atoms with E-state index in [1.54, 1.807) is 6.08 Å². The Hall–Kier alpha value is -0.370. The SMILES string of the molecule is CC(C)C(C)N1CCC=C(F)C1. The molecule has 1 aliphatic heterocycles. The van der Waals surface area contributed by atoms with Crippen molar-refractivity contribution >= 4 is 0 Å². The number of nitrogens with zero attached hydrogens (tertiary/aromatic N) is 1. The topological polar surface area (TPSA) is 3.24 Å². The van der Waals surface area contributed by atoms with Crippen LogP contribution in [0.5, 0.6) is 0 Å². The Bertz CT molecular complexity index is 175. The highest BCUT2D eigenvalue weighted by molar-refractivity contribution is 5.00. The molecule has 0 radical (unpaired) electrons. The van der Waals surface area contributed by atoms with Crippen molar-refractivity contribution in [2.75, 3.05) is 13.1 Å². The first-order valence-electron chi connectivity index (χ1n) is 4.70. The van der Waals surface area contributed by atoms with Gasteiger partial charge in [0.25, 0.3) is 0 Å². The summed E-state index contributed by atoms with van der Waals surface area (Å²) in [5, 5.41) is 0. The van der Waals surface area contributed by atoms with E-state index in [4.69, 9.17) is 0 Å². The van der Waals surface area contributed by atoms with Gasteiger partial charge in [0.2, 0.25) is 0 Å². The second kappa shape index (κ2) is 4.04. The molecule has 0 aromatic carbocycles. The molecule has 0 N–H and O–H groups in total. The summed E-state index contributed by atoms with van der Waals surface area (Å²) in [6, 6.07) is 0.490. The van der Waals surface area contributed by atoms with Crippen molar-refractivity contribution in [3.8, 4) is 0 Å². The van der Waals surface area contributed by atoms with Crippen molar-refractivity contribution in [2.45, 2.75) is 33.2 Å². The van der Waals surface area contributed by atoms with Gasteiger partial charge < -0.3 is 0 Å². The first-order valence-corrected chi connectivity index (χ1v) is 4.70. The summed E-state index contributed by atoms with van der Waals surface area (Å²) >= 11 is 0. The molecule has 70 valence electrons. The van der Waals surface area contributed by atoms with Crippen molar-refractivity contribution in [1.82, 2.24) is 4.90 Å². The molecule has 0 fully saturated rings. The van der Waals surface area contributed by atoms with E-state index in [0.717, 1.165) is 13.0 Å². The standard InChI is InChI=1S/C10H18FN/c1-8(2)9(3)12-6-4-5-10(11)7-12/h5,8-9H,4,6-7H2,1-3H3. The first kappa shape index (κ1) is 9.72.